The van der Waals surface area contributed by atoms with Crippen molar-refractivity contribution in [2.45, 2.75) is 58.2 Å². The Morgan fingerprint density at radius 1 is 1.36 bits per heavy atom. The zero-order valence-corrected chi connectivity index (χ0v) is 10.0. The highest BCUT2D eigenvalue weighted by atomic mass is 15.3. The number of hydrogen-bond donors (Lipinski definition) is 1. The van der Waals surface area contributed by atoms with Gasteiger partial charge in [0.25, 0.3) is 0 Å². The lowest BCUT2D eigenvalue weighted by Crippen LogP contribution is -2.64. The average Bonchev–Trinajstić information content (AvgIpc) is 2.92. The van der Waals surface area contributed by atoms with Gasteiger partial charge in [0, 0.05) is 30.7 Å². The molecule has 0 aromatic rings. The van der Waals surface area contributed by atoms with Crippen LogP contribution in [0.15, 0.2) is 0 Å². The number of nitrogens with zero attached hydrogens (tertiary/aromatic N) is 1. The van der Waals surface area contributed by atoms with Crippen LogP contribution >= 0.6 is 0 Å². The van der Waals surface area contributed by atoms with Gasteiger partial charge in [-0.05, 0) is 46.5 Å². The summed E-state index contributed by atoms with van der Waals surface area (Å²) in [6.07, 6.45) is 2.87. The molecule has 1 N–H and O–H groups in total. The number of rotatable bonds is 2. The van der Waals surface area contributed by atoms with E-state index in [9.17, 15) is 0 Å². The van der Waals surface area contributed by atoms with Crippen molar-refractivity contribution in [3.63, 3.8) is 0 Å². The summed E-state index contributed by atoms with van der Waals surface area (Å²) in [5, 5.41) is 3.75. The zero-order chi connectivity index (χ0) is 10.3. The van der Waals surface area contributed by atoms with Crippen LogP contribution in [0.2, 0.25) is 0 Å². The van der Waals surface area contributed by atoms with Crippen molar-refractivity contribution in [2.75, 3.05) is 13.1 Å². The van der Waals surface area contributed by atoms with Gasteiger partial charge in [-0.3, -0.25) is 4.90 Å². The molecule has 2 nitrogen and oxygen atoms in total. The first-order chi connectivity index (χ1) is 6.53. The van der Waals surface area contributed by atoms with Gasteiger partial charge in [0.1, 0.15) is 0 Å². The van der Waals surface area contributed by atoms with E-state index in [1.165, 1.54) is 19.4 Å². The maximum Gasteiger partial charge on any atom is 0.0309 e. The molecule has 1 heterocycles. The standard InChI is InChI=1S/C12H24N2/c1-9(2)14-8-12(4,11-5-6-11)13-7-10(14)3/h9-11,13H,5-8H2,1-4H3. The van der Waals surface area contributed by atoms with Crippen molar-refractivity contribution in [1.82, 2.24) is 10.2 Å². The lowest BCUT2D eigenvalue weighted by atomic mass is 9.90. The topological polar surface area (TPSA) is 15.3 Å². The SMILES string of the molecule is CC(C)N1CC(C)(C2CC2)NCC1C. The molecule has 2 fully saturated rings. The summed E-state index contributed by atoms with van der Waals surface area (Å²) < 4.78 is 0. The third-order valence-corrected chi connectivity index (χ3v) is 4.02. The summed E-state index contributed by atoms with van der Waals surface area (Å²) >= 11 is 0. The van der Waals surface area contributed by atoms with Crippen molar-refractivity contribution in [3.8, 4) is 0 Å². The summed E-state index contributed by atoms with van der Waals surface area (Å²) in [4.78, 5) is 2.65. The van der Waals surface area contributed by atoms with Crippen molar-refractivity contribution in [1.29, 1.82) is 0 Å². The fourth-order valence-corrected chi connectivity index (χ4v) is 2.77. The number of piperazine rings is 1. The molecule has 2 heteroatoms. The molecule has 82 valence electrons. The quantitative estimate of drug-likeness (QED) is 0.725. The first kappa shape index (κ1) is 10.4. The smallest absolute Gasteiger partial charge is 0.0309 e. The molecule has 2 atom stereocenters. The first-order valence-corrected chi connectivity index (χ1v) is 6.04. The Bertz CT molecular complexity index is 210. The van der Waals surface area contributed by atoms with Crippen LogP contribution in [0.4, 0.5) is 0 Å². The van der Waals surface area contributed by atoms with E-state index in [0.29, 0.717) is 17.6 Å². The van der Waals surface area contributed by atoms with E-state index < -0.39 is 0 Å². The van der Waals surface area contributed by atoms with E-state index in [4.69, 9.17) is 0 Å². The van der Waals surface area contributed by atoms with E-state index in [1.807, 2.05) is 0 Å². The van der Waals surface area contributed by atoms with Gasteiger partial charge in [0.15, 0.2) is 0 Å². The molecule has 1 aliphatic carbocycles. The maximum absolute atomic E-state index is 3.75. The molecule has 2 aliphatic rings. The Morgan fingerprint density at radius 2 is 2.00 bits per heavy atom. The minimum absolute atomic E-state index is 0.400. The summed E-state index contributed by atoms with van der Waals surface area (Å²) in [7, 11) is 0. The normalized spacial score (nSPS) is 40.5. The van der Waals surface area contributed by atoms with Gasteiger partial charge >= 0.3 is 0 Å². The lowest BCUT2D eigenvalue weighted by molar-refractivity contribution is 0.0582. The summed E-state index contributed by atoms with van der Waals surface area (Å²) in [5.41, 5.74) is 0.400. The van der Waals surface area contributed by atoms with E-state index in [1.54, 1.807) is 0 Å². The molecule has 2 rings (SSSR count). The highest BCUT2D eigenvalue weighted by molar-refractivity contribution is 5.03. The molecular formula is C12H24N2. The molecule has 1 saturated heterocycles. The Morgan fingerprint density at radius 3 is 2.50 bits per heavy atom. The van der Waals surface area contributed by atoms with Crippen LogP contribution in [0.5, 0.6) is 0 Å². The second kappa shape index (κ2) is 3.49. The highest BCUT2D eigenvalue weighted by Crippen LogP contribution is 2.41. The van der Waals surface area contributed by atoms with E-state index in [-0.39, 0.29) is 0 Å². The molecule has 2 unspecified atom stereocenters. The van der Waals surface area contributed by atoms with Gasteiger partial charge in [-0.25, -0.2) is 0 Å². The molecule has 0 aromatic carbocycles. The van der Waals surface area contributed by atoms with Gasteiger partial charge in [-0.2, -0.15) is 0 Å². The van der Waals surface area contributed by atoms with Crippen LogP contribution in [0.25, 0.3) is 0 Å². The van der Waals surface area contributed by atoms with Crippen LogP contribution in [-0.2, 0) is 0 Å². The second-order valence-corrected chi connectivity index (χ2v) is 5.69. The fourth-order valence-electron chi connectivity index (χ4n) is 2.77. The van der Waals surface area contributed by atoms with Crippen LogP contribution < -0.4 is 5.32 Å². The first-order valence-electron chi connectivity index (χ1n) is 6.04. The predicted molar refractivity (Wildman–Crippen MR) is 60.4 cm³/mol. The Labute approximate surface area is 88.1 Å². The minimum Gasteiger partial charge on any atom is -0.308 e. The Balaban J connectivity index is 2.04. The van der Waals surface area contributed by atoms with Gasteiger partial charge < -0.3 is 5.32 Å². The van der Waals surface area contributed by atoms with Crippen molar-refractivity contribution >= 4 is 0 Å². The van der Waals surface area contributed by atoms with Crippen molar-refractivity contribution in [3.05, 3.63) is 0 Å². The van der Waals surface area contributed by atoms with E-state index >= 15 is 0 Å². The highest BCUT2D eigenvalue weighted by Gasteiger charge is 2.45. The third kappa shape index (κ3) is 1.82. The average molecular weight is 196 g/mol. The lowest BCUT2D eigenvalue weighted by Gasteiger charge is -2.47. The molecule has 1 aliphatic heterocycles. The van der Waals surface area contributed by atoms with Crippen molar-refractivity contribution < 1.29 is 0 Å². The van der Waals surface area contributed by atoms with E-state index in [0.717, 1.165) is 12.5 Å². The maximum atomic E-state index is 3.75. The second-order valence-electron chi connectivity index (χ2n) is 5.69. The van der Waals surface area contributed by atoms with Gasteiger partial charge in [-0.15, -0.1) is 0 Å². The van der Waals surface area contributed by atoms with Crippen LogP contribution in [0.1, 0.15) is 40.5 Å². The Hall–Kier alpha value is -0.0800. The molecule has 0 aromatic heterocycles. The summed E-state index contributed by atoms with van der Waals surface area (Å²) in [6, 6.07) is 1.38. The third-order valence-electron chi connectivity index (χ3n) is 4.02. The van der Waals surface area contributed by atoms with Crippen LogP contribution in [-0.4, -0.2) is 35.6 Å². The minimum atomic E-state index is 0.400. The molecule has 0 radical (unpaired) electrons. The van der Waals surface area contributed by atoms with Gasteiger partial charge in [0.05, 0.1) is 0 Å². The molecule has 0 spiro atoms. The van der Waals surface area contributed by atoms with Crippen molar-refractivity contribution in [2.24, 2.45) is 5.92 Å². The molecule has 0 amide bonds. The predicted octanol–water partition coefficient (Wildman–Crippen LogP) is 1.86. The zero-order valence-electron chi connectivity index (χ0n) is 10.0. The summed E-state index contributed by atoms with van der Waals surface area (Å²) in [5.74, 6) is 0.941. The number of nitrogens with one attached hydrogen (secondary N) is 1. The number of hydrogen-bond acceptors (Lipinski definition) is 2. The van der Waals surface area contributed by atoms with Crippen LogP contribution in [0.3, 0.4) is 0 Å². The monoisotopic (exact) mass is 196 g/mol. The van der Waals surface area contributed by atoms with Gasteiger partial charge in [-0.1, -0.05) is 0 Å². The van der Waals surface area contributed by atoms with E-state index in [2.05, 4.69) is 37.9 Å². The molecule has 0 bridgehead atoms. The molecule has 14 heavy (non-hydrogen) atoms. The largest absolute Gasteiger partial charge is 0.308 e. The molecular weight excluding hydrogens is 172 g/mol. The van der Waals surface area contributed by atoms with Crippen LogP contribution in [0, 0.1) is 5.92 Å². The summed E-state index contributed by atoms with van der Waals surface area (Å²) in [6.45, 7) is 11.8. The molecule has 1 saturated carbocycles. The fraction of sp³-hybridized carbons (Fsp3) is 1.00. The Kier molecular flexibility index (Phi) is 2.61. The van der Waals surface area contributed by atoms with Gasteiger partial charge in [0.2, 0.25) is 0 Å².